The fourth-order valence-corrected chi connectivity index (χ4v) is 0.677. The Morgan fingerprint density at radius 1 is 1.00 bits per heavy atom. The molecule has 0 unspecified atom stereocenters. The average molecular weight is 174 g/mol. The highest BCUT2D eigenvalue weighted by Crippen LogP contribution is 2.00. The highest BCUT2D eigenvalue weighted by atomic mass is 16.1. The highest BCUT2D eigenvalue weighted by molar-refractivity contribution is 5.44. The first-order chi connectivity index (χ1) is 5.83. The normalized spacial score (nSPS) is 6.92. The molecule has 0 atom stereocenters. The first-order valence-corrected chi connectivity index (χ1v) is 4.52. The first-order valence-electron chi connectivity index (χ1n) is 4.52. The third kappa shape index (κ3) is 58.2. The summed E-state index contributed by atoms with van der Waals surface area (Å²) in [7, 11) is 0. The third-order valence-electron chi connectivity index (χ3n) is 1.21. The molecule has 0 rings (SSSR count). The second-order valence-corrected chi connectivity index (χ2v) is 2.30. The van der Waals surface area contributed by atoms with E-state index in [4.69, 9.17) is 9.59 Å². The summed E-state index contributed by atoms with van der Waals surface area (Å²) in [6.45, 7) is 7.94. The van der Waals surface area contributed by atoms with Gasteiger partial charge in [-0.25, -0.2) is 0 Å². The molecule has 0 heterocycles. The zero-order valence-corrected chi connectivity index (χ0v) is 8.64. The van der Waals surface area contributed by atoms with Crippen molar-refractivity contribution in [2.75, 3.05) is 0 Å². The van der Waals surface area contributed by atoms with Crippen molar-refractivity contribution in [1.29, 1.82) is 0 Å². The van der Waals surface area contributed by atoms with Crippen molar-refractivity contribution in [2.45, 2.75) is 52.9 Å². The molecule has 0 aliphatic rings. The van der Waals surface area contributed by atoms with Crippen LogP contribution in [0.4, 0.5) is 0 Å². The number of unbranched alkanes of at least 4 members (excludes halogenated alkanes) is 4. The second kappa shape index (κ2) is 31.6. The molecular weight excluding hydrogens is 152 g/mol. The number of rotatable bonds is 4. The van der Waals surface area contributed by atoms with E-state index < -0.39 is 0 Å². The maximum absolute atomic E-state index is 8.81. The zero-order valence-electron chi connectivity index (χ0n) is 8.64. The zero-order chi connectivity index (χ0) is 10.2. The summed E-state index contributed by atoms with van der Waals surface area (Å²) >= 11 is 0. The summed E-state index contributed by atoms with van der Waals surface area (Å²) in [5.41, 5.74) is 0. The van der Waals surface area contributed by atoms with E-state index in [0.717, 1.165) is 6.29 Å². The predicted octanol–water partition coefficient (Wildman–Crippen LogP) is 3.00. The lowest BCUT2D eigenvalue weighted by Gasteiger charge is -1.90. The van der Waals surface area contributed by atoms with Gasteiger partial charge in [0.1, 0.15) is 13.1 Å². The lowest BCUT2D eigenvalue weighted by molar-refractivity contribution is -0.106. The van der Waals surface area contributed by atoms with Crippen LogP contribution in [0.3, 0.4) is 0 Å². The molecule has 2 nitrogen and oxygen atoms in total. The Morgan fingerprint density at radius 2 is 1.25 bits per heavy atom. The van der Waals surface area contributed by atoms with E-state index in [1.165, 1.54) is 39.0 Å². The lowest BCUT2D eigenvalue weighted by Crippen LogP contribution is -1.70. The van der Waals surface area contributed by atoms with Crippen LogP contribution in [0.15, 0.2) is 0 Å². The second-order valence-electron chi connectivity index (χ2n) is 2.30. The molecule has 0 bridgehead atoms. The van der Waals surface area contributed by atoms with Crippen LogP contribution < -0.4 is 0 Å². The van der Waals surface area contributed by atoms with Crippen LogP contribution in [0.2, 0.25) is 0 Å². The summed E-state index contributed by atoms with van der Waals surface area (Å²) in [6.07, 6.45) is 7.76. The van der Waals surface area contributed by atoms with Gasteiger partial charge in [0.25, 0.3) is 0 Å². The monoisotopic (exact) mass is 174 g/mol. The van der Waals surface area contributed by atoms with Gasteiger partial charge in [-0.1, -0.05) is 46.0 Å². The van der Waals surface area contributed by atoms with Crippen molar-refractivity contribution in [1.82, 2.24) is 0 Å². The van der Waals surface area contributed by atoms with Crippen molar-refractivity contribution in [2.24, 2.45) is 0 Å². The topological polar surface area (TPSA) is 34.1 Å². The fourth-order valence-electron chi connectivity index (χ4n) is 0.677. The van der Waals surface area contributed by atoms with E-state index in [1.54, 1.807) is 0 Å². The standard InChI is InChI=1S/C7H16.C2H4O.CH2O/c1-3-5-7-6-4-2;1-2-3;1-2/h3-7H2,1-2H3;2H,1H3;1H2. The summed E-state index contributed by atoms with van der Waals surface area (Å²) in [4.78, 5) is 16.8. The van der Waals surface area contributed by atoms with Gasteiger partial charge < -0.3 is 9.59 Å². The van der Waals surface area contributed by atoms with Gasteiger partial charge in [0.2, 0.25) is 0 Å². The largest absolute Gasteiger partial charge is 0.307 e. The van der Waals surface area contributed by atoms with Crippen LogP contribution in [-0.2, 0) is 9.59 Å². The maximum atomic E-state index is 8.81. The Labute approximate surface area is 76.4 Å². The van der Waals surface area contributed by atoms with Gasteiger partial charge in [0, 0.05) is 0 Å². The molecule has 0 saturated heterocycles. The Hall–Kier alpha value is -0.660. The van der Waals surface area contributed by atoms with Crippen molar-refractivity contribution < 1.29 is 9.59 Å². The summed E-state index contributed by atoms with van der Waals surface area (Å²) in [5.74, 6) is 0. The molecule has 0 amide bonds. The fraction of sp³-hybridized carbons (Fsp3) is 0.800. The van der Waals surface area contributed by atoms with Crippen molar-refractivity contribution in [3.05, 3.63) is 0 Å². The van der Waals surface area contributed by atoms with Crippen LogP contribution in [0.1, 0.15) is 52.9 Å². The Kier molecular flexibility index (Phi) is 45.9. The van der Waals surface area contributed by atoms with Gasteiger partial charge in [-0.2, -0.15) is 0 Å². The van der Waals surface area contributed by atoms with E-state index in [0.29, 0.717) is 0 Å². The molecule has 0 aliphatic heterocycles. The molecule has 2 heteroatoms. The van der Waals surface area contributed by atoms with Gasteiger partial charge in [0.15, 0.2) is 0 Å². The minimum Gasteiger partial charge on any atom is -0.307 e. The van der Waals surface area contributed by atoms with Crippen LogP contribution in [0.5, 0.6) is 0 Å². The molecular formula is C10H22O2. The Bertz CT molecular complexity index is 58.9. The van der Waals surface area contributed by atoms with E-state index in [1.807, 2.05) is 6.79 Å². The van der Waals surface area contributed by atoms with E-state index >= 15 is 0 Å². The van der Waals surface area contributed by atoms with Crippen molar-refractivity contribution >= 4 is 13.1 Å². The number of carbonyl (C=O) groups excluding carboxylic acids is 2. The molecule has 0 aromatic carbocycles. The molecule has 0 fully saturated rings. The molecule has 0 aromatic rings. The Balaban J connectivity index is -0.000000137. The Morgan fingerprint density at radius 3 is 1.42 bits per heavy atom. The van der Waals surface area contributed by atoms with E-state index in [-0.39, 0.29) is 0 Å². The summed E-state index contributed by atoms with van der Waals surface area (Å²) in [6, 6.07) is 0. The maximum Gasteiger partial charge on any atom is 0.116 e. The third-order valence-corrected chi connectivity index (χ3v) is 1.21. The van der Waals surface area contributed by atoms with Crippen LogP contribution in [0, 0.1) is 0 Å². The van der Waals surface area contributed by atoms with Gasteiger partial charge >= 0.3 is 0 Å². The summed E-state index contributed by atoms with van der Waals surface area (Å²) < 4.78 is 0. The SMILES string of the molecule is C=O.CC=O.CCCCCCC. The molecule has 0 aliphatic carbocycles. The molecule has 74 valence electrons. The predicted molar refractivity (Wildman–Crippen MR) is 53.3 cm³/mol. The van der Waals surface area contributed by atoms with Crippen molar-refractivity contribution in [3.63, 3.8) is 0 Å². The number of hydrogen-bond donors (Lipinski definition) is 0. The van der Waals surface area contributed by atoms with Gasteiger partial charge in [0.05, 0.1) is 0 Å². The smallest absolute Gasteiger partial charge is 0.116 e. The molecule has 0 radical (unpaired) electrons. The van der Waals surface area contributed by atoms with Crippen LogP contribution in [0.25, 0.3) is 0 Å². The van der Waals surface area contributed by atoms with Gasteiger partial charge in [-0.3, -0.25) is 0 Å². The quantitative estimate of drug-likeness (QED) is 0.485. The average Bonchev–Trinajstić information content (AvgIpc) is 2.11. The van der Waals surface area contributed by atoms with Crippen LogP contribution in [-0.4, -0.2) is 13.1 Å². The molecule has 0 N–H and O–H groups in total. The van der Waals surface area contributed by atoms with E-state index in [9.17, 15) is 0 Å². The number of aldehydes is 1. The highest BCUT2D eigenvalue weighted by Gasteiger charge is 1.80. The van der Waals surface area contributed by atoms with E-state index in [2.05, 4.69) is 13.8 Å². The first kappa shape index (κ1) is 17.4. The lowest BCUT2D eigenvalue weighted by atomic mass is 10.2. The summed E-state index contributed by atoms with van der Waals surface area (Å²) in [5, 5.41) is 0. The van der Waals surface area contributed by atoms with Crippen molar-refractivity contribution in [3.8, 4) is 0 Å². The molecule has 0 aromatic heterocycles. The number of carbonyl (C=O) groups is 2. The minimum absolute atomic E-state index is 0.750. The molecule has 0 spiro atoms. The minimum atomic E-state index is 0.750. The molecule has 12 heavy (non-hydrogen) atoms. The molecule has 0 saturated carbocycles. The van der Waals surface area contributed by atoms with Gasteiger partial charge in [-0.05, 0) is 6.92 Å². The number of hydrogen-bond acceptors (Lipinski definition) is 2. The van der Waals surface area contributed by atoms with Crippen LogP contribution >= 0.6 is 0 Å². The van der Waals surface area contributed by atoms with Gasteiger partial charge in [-0.15, -0.1) is 0 Å².